The zero-order valence-electron chi connectivity index (χ0n) is 33.8. The Morgan fingerprint density at radius 2 is 1.31 bits per heavy atom. The molecule has 48 heavy (non-hydrogen) atoms. The molecule has 3 N–H and O–H groups in total. The third-order valence-electron chi connectivity index (χ3n) is 10.7. The van der Waals surface area contributed by atoms with E-state index in [0.717, 1.165) is 43.5 Å². The first kappa shape index (κ1) is 39.3. The summed E-state index contributed by atoms with van der Waals surface area (Å²) in [6, 6.07) is 2.80. The molecular weight excluding hydrogens is 592 g/mol. The highest BCUT2D eigenvalue weighted by molar-refractivity contribution is 5.41. The summed E-state index contributed by atoms with van der Waals surface area (Å²) in [4.78, 5) is 20.9. The number of hydrogen-bond donors (Lipinski definition) is 3. The molecule has 1 aromatic rings. The number of rotatable bonds is 13. The molecule has 276 valence electrons. The summed E-state index contributed by atoms with van der Waals surface area (Å²) in [6.45, 7) is 34.6. The molecule has 1 aromatic heterocycles. The molecule has 8 heteroatoms. The van der Waals surface area contributed by atoms with Crippen LogP contribution in [0.3, 0.4) is 0 Å². The van der Waals surface area contributed by atoms with Gasteiger partial charge in [-0.15, -0.1) is 0 Å². The average Bonchev–Trinajstić information content (AvgIpc) is 3.63. The molecule has 4 atom stereocenters. The minimum Gasteiger partial charge on any atom is -0.349 e. The lowest BCUT2D eigenvalue weighted by atomic mass is 9.82. The molecule has 8 nitrogen and oxygen atoms in total. The molecule has 2 aliphatic heterocycles. The van der Waals surface area contributed by atoms with Gasteiger partial charge in [-0.1, -0.05) is 54.4 Å². The van der Waals surface area contributed by atoms with E-state index in [1.54, 1.807) is 0 Å². The van der Waals surface area contributed by atoms with Crippen molar-refractivity contribution in [3.8, 4) is 0 Å². The van der Waals surface area contributed by atoms with E-state index in [9.17, 15) is 0 Å². The van der Waals surface area contributed by atoms with Crippen molar-refractivity contribution in [2.24, 2.45) is 5.41 Å². The second kappa shape index (κ2) is 15.0. The predicted octanol–water partition coefficient (Wildman–Crippen LogP) is 8.47. The maximum atomic E-state index is 5.24. The van der Waals surface area contributed by atoms with Crippen LogP contribution in [0.4, 0.5) is 11.9 Å². The largest absolute Gasteiger partial charge is 0.349 e. The van der Waals surface area contributed by atoms with Crippen molar-refractivity contribution in [2.75, 3.05) is 23.3 Å². The van der Waals surface area contributed by atoms with Gasteiger partial charge >= 0.3 is 0 Å². The molecule has 4 rings (SSSR count). The van der Waals surface area contributed by atoms with E-state index < -0.39 is 0 Å². The first-order chi connectivity index (χ1) is 22.0. The Balaban J connectivity index is 1.49. The van der Waals surface area contributed by atoms with Gasteiger partial charge in [-0.25, -0.2) is 0 Å². The molecule has 1 aliphatic carbocycles. The van der Waals surface area contributed by atoms with Gasteiger partial charge in [0, 0.05) is 58.8 Å². The summed E-state index contributed by atoms with van der Waals surface area (Å²) in [5.74, 6) is 2.46. The van der Waals surface area contributed by atoms with Gasteiger partial charge in [-0.2, -0.15) is 15.0 Å². The lowest BCUT2D eigenvalue weighted by molar-refractivity contribution is 0.0455. The van der Waals surface area contributed by atoms with Crippen molar-refractivity contribution in [2.45, 2.75) is 220 Å². The van der Waals surface area contributed by atoms with Crippen LogP contribution in [0.25, 0.3) is 0 Å². The van der Waals surface area contributed by atoms with Gasteiger partial charge in [0.2, 0.25) is 11.9 Å². The Morgan fingerprint density at radius 1 is 0.729 bits per heavy atom. The Labute approximate surface area is 296 Å². The molecule has 4 unspecified atom stereocenters. The second-order valence-electron chi connectivity index (χ2n) is 20.3. The minimum absolute atomic E-state index is 0.136. The van der Waals surface area contributed by atoms with Crippen molar-refractivity contribution in [1.82, 2.24) is 30.5 Å². The lowest BCUT2D eigenvalue weighted by Crippen LogP contribution is -2.56. The molecule has 3 aliphatic rings. The molecule has 1 spiro atoms. The Kier molecular flexibility index (Phi) is 12.3. The summed E-state index contributed by atoms with van der Waals surface area (Å²) in [7, 11) is 0. The minimum atomic E-state index is -0.171. The Hall–Kier alpha value is -1.51. The van der Waals surface area contributed by atoms with Crippen LogP contribution in [-0.4, -0.2) is 79.8 Å². The van der Waals surface area contributed by atoms with Crippen molar-refractivity contribution >= 4 is 11.9 Å². The lowest BCUT2D eigenvalue weighted by Gasteiger charge is -2.46. The quantitative estimate of drug-likeness (QED) is 0.181. The highest BCUT2D eigenvalue weighted by Gasteiger charge is 2.49. The van der Waals surface area contributed by atoms with Crippen LogP contribution in [-0.2, 0) is 5.41 Å². The molecule has 1 saturated carbocycles. The number of nitrogens with one attached hydrogen (secondary N) is 3. The van der Waals surface area contributed by atoms with Gasteiger partial charge in [-0.3, -0.25) is 4.90 Å². The maximum absolute atomic E-state index is 5.24. The van der Waals surface area contributed by atoms with Crippen LogP contribution in [0.1, 0.15) is 173 Å². The number of piperidine rings is 2. The fourth-order valence-electron chi connectivity index (χ4n) is 9.10. The van der Waals surface area contributed by atoms with Gasteiger partial charge in [0.1, 0.15) is 5.82 Å². The number of hydrogen-bond acceptors (Lipinski definition) is 8. The molecule has 0 aromatic carbocycles. The van der Waals surface area contributed by atoms with E-state index in [1.165, 1.54) is 57.9 Å². The highest BCUT2D eigenvalue weighted by atomic mass is 15.3. The van der Waals surface area contributed by atoms with Crippen molar-refractivity contribution < 1.29 is 0 Å². The topological polar surface area (TPSA) is 81.2 Å². The van der Waals surface area contributed by atoms with E-state index in [2.05, 4.69) is 123 Å². The standard InChI is InChI=1S/C40H76N8/c1-28-23-31(24-29(2)41-28)48(38(10,11)12)22-18-16-15-17-21-47(32-25-30(3)45-40(26-32)19-20-40)35-43-33(37(7,8)9)42-34(44-35)46-39(13,14)27-36(4,5)6/h28-32,41,45H,15-27H2,1-14H3,(H,42,43,44,46). The van der Waals surface area contributed by atoms with E-state index in [0.29, 0.717) is 35.7 Å². The van der Waals surface area contributed by atoms with E-state index in [4.69, 9.17) is 15.0 Å². The number of nitrogens with zero attached hydrogens (tertiary/aromatic N) is 5. The van der Waals surface area contributed by atoms with Gasteiger partial charge in [0.05, 0.1) is 0 Å². The average molecular weight is 669 g/mol. The van der Waals surface area contributed by atoms with E-state index >= 15 is 0 Å². The summed E-state index contributed by atoms with van der Waals surface area (Å²) in [6.07, 6.45) is 13.3. The smallest absolute Gasteiger partial charge is 0.230 e. The summed E-state index contributed by atoms with van der Waals surface area (Å²) in [5, 5.41) is 11.4. The fraction of sp³-hybridized carbons (Fsp3) is 0.925. The molecule has 2 saturated heterocycles. The highest BCUT2D eigenvalue weighted by Crippen LogP contribution is 2.45. The summed E-state index contributed by atoms with van der Waals surface area (Å²) in [5.41, 5.74) is 0.401. The van der Waals surface area contributed by atoms with Crippen molar-refractivity contribution in [1.29, 1.82) is 0 Å². The first-order valence-corrected chi connectivity index (χ1v) is 19.7. The first-order valence-electron chi connectivity index (χ1n) is 19.7. The zero-order valence-corrected chi connectivity index (χ0v) is 33.8. The third-order valence-corrected chi connectivity index (χ3v) is 10.7. The summed E-state index contributed by atoms with van der Waals surface area (Å²) < 4.78 is 0. The monoisotopic (exact) mass is 669 g/mol. The van der Waals surface area contributed by atoms with Crippen LogP contribution in [0.5, 0.6) is 0 Å². The van der Waals surface area contributed by atoms with Crippen molar-refractivity contribution in [3.05, 3.63) is 5.82 Å². The normalized spacial score (nSPS) is 26.6. The zero-order chi connectivity index (χ0) is 35.7. The number of unbranched alkanes of at least 4 members (excludes halogenated alkanes) is 3. The number of aromatic nitrogens is 3. The number of anilines is 2. The SMILES string of the molecule is CC1CC(N(CCCCCCN(c2nc(NC(C)(C)CC(C)(C)C)nc(C(C)(C)C)n2)C2CC(C)NC3(CC3)C2)C(C)(C)C)CC(C)N1. The molecule has 0 bridgehead atoms. The van der Waals surface area contributed by atoms with Crippen LogP contribution in [0.2, 0.25) is 0 Å². The van der Waals surface area contributed by atoms with Crippen LogP contribution < -0.4 is 20.9 Å². The van der Waals surface area contributed by atoms with Crippen LogP contribution in [0.15, 0.2) is 0 Å². The Morgan fingerprint density at radius 3 is 1.85 bits per heavy atom. The molecule has 0 amide bonds. The van der Waals surface area contributed by atoms with Gasteiger partial charge in [0.25, 0.3) is 0 Å². The maximum Gasteiger partial charge on any atom is 0.230 e. The molecule has 3 fully saturated rings. The van der Waals surface area contributed by atoms with Crippen LogP contribution >= 0.6 is 0 Å². The van der Waals surface area contributed by atoms with Gasteiger partial charge in [0.15, 0.2) is 0 Å². The molecule has 0 radical (unpaired) electrons. The molecular formula is C40H76N8. The summed E-state index contributed by atoms with van der Waals surface area (Å²) >= 11 is 0. The molecule has 3 heterocycles. The van der Waals surface area contributed by atoms with Gasteiger partial charge in [-0.05, 0) is 125 Å². The van der Waals surface area contributed by atoms with E-state index in [1.807, 2.05) is 0 Å². The van der Waals surface area contributed by atoms with Crippen LogP contribution in [0, 0.1) is 5.41 Å². The van der Waals surface area contributed by atoms with Crippen molar-refractivity contribution in [3.63, 3.8) is 0 Å². The Bertz CT molecular complexity index is 1160. The third kappa shape index (κ3) is 11.5. The predicted molar refractivity (Wildman–Crippen MR) is 205 cm³/mol. The van der Waals surface area contributed by atoms with E-state index in [-0.39, 0.29) is 21.9 Å². The fourth-order valence-corrected chi connectivity index (χ4v) is 9.10. The van der Waals surface area contributed by atoms with Gasteiger partial charge < -0.3 is 20.9 Å². The second-order valence-corrected chi connectivity index (χ2v) is 20.3.